The molecule has 5 nitrogen and oxygen atoms in total. The summed E-state index contributed by atoms with van der Waals surface area (Å²) in [6.45, 7) is 8.16. The first kappa shape index (κ1) is 17.5. The fourth-order valence-electron chi connectivity index (χ4n) is 4.71. The quantitative estimate of drug-likeness (QED) is 0.832. The van der Waals surface area contributed by atoms with Gasteiger partial charge in [-0.3, -0.25) is 9.48 Å². The van der Waals surface area contributed by atoms with Crippen molar-refractivity contribution >= 4 is 5.91 Å². The highest BCUT2D eigenvalue weighted by Gasteiger charge is 2.48. The molecule has 3 atom stereocenters. The molecule has 0 bridgehead atoms. The molecule has 0 unspecified atom stereocenters. The summed E-state index contributed by atoms with van der Waals surface area (Å²) in [5, 5.41) is 4.48. The lowest BCUT2D eigenvalue weighted by Gasteiger charge is -2.42. The summed E-state index contributed by atoms with van der Waals surface area (Å²) >= 11 is 0. The van der Waals surface area contributed by atoms with Gasteiger partial charge < -0.3 is 9.64 Å². The Balaban J connectivity index is 1.53. The summed E-state index contributed by atoms with van der Waals surface area (Å²) in [6, 6.07) is 2.49. The van der Waals surface area contributed by atoms with E-state index in [4.69, 9.17) is 4.74 Å². The number of aryl methyl sites for hydroxylation is 3. The molecule has 1 saturated heterocycles. The minimum Gasteiger partial charge on any atom is -0.381 e. The van der Waals surface area contributed by atoms with E-state index in [1.54, 1.807) is 0 Å². The van der Waals surface area contributed by atoms with Gasteiger partial charge in [0.1, 0.15) is 0 Å². The monoisotopic (exact) mass is 333 g/mol. The van der Waals surface area contributed by atoms with Crippen molar-refractivity contribution in [3.05, 3.63) is 17.5 Å². The van der Waals surface area contributed by atoms with Crippen molar-refractivity contribution in [1.29, 1.82) is 0 Å². The molecule has 0 N–H and O–H groups in total. The maximum absolute atomic E-state index is 12.7. The highest BCUT2D eigenvalue weighted by atomic mass is 16.5. The summed E-state index contributed by atoms with van der Waals surface area (Å²) in [5.41, 5.74) is 2.46. The topological polar surface area (TPSA) is 47.4 Å². The highest BCUT2D eigenvalue weighted by molar-refractivity contribution is 5.77. The third-order valence-corrected chi connectivity index (χ3v) is 6.08. The van der Waals surface area contributed by atoms with Gasteiger partial charge in [0.15, 0.2) is 0 Å². The molecule has 1 saturated carbocycles. The van der Waals surface area contributed by atoms with Crippen LogP contribution in [-0.4, -0.2) is 46.4 Å². The normalized spacial score (nSPS) is 29.8. The first-order valence-electron chi connectivity index (χ1n) is 9.26. The fraction of sp³-hybridized carbons (Fsp3) is 0.789. The number of carbonyl (C=O) groups is 1. The van der Waals surface area contributed by atoms with Gasteiger partial charge in [-0.2, -0.15) is 5.10 Å². The standard InChI is InChI=1S/C19H31N3O2/c1-14-12-15(2)22(20-14)10-5-6-18(23)21-11-9-19(3)13-16(24-4)7-8-17(19)21/h12,16-17H,5-11,13H2,1-4H3/t16-,17-,19+/m1/s1. The number of rotatable bonds is 5. The van der Waals surface area contributed by atoms with E-state index in [2.05, 4.69) is 29.9 Å². The number of nitrogens with zero attached hydrogens (tertiary/aromatic N) is 3. The molecule has 1 amide bonds. The third-order valence-electron chi connectivity index (χ3n) is 6.08. The van der Waals surface area contributed by atoms with Crippen LogP contribution in [-0.2, 0) is 16.1 Å². The number of hydrogen-bond acceptors (Lipinski definition) is 3. The predicted molar refractivity (Wildman–Crippen MR) is 93.8 cm³/mol. The maximum atomic E-state index is 12.7. The second-order valence-electron chi connectivity index (χ2n) is 7.90. The average molecular weight is 333 g/mol. The van der Waals surface area contributed by atoms with Crippen LogP contribution >= 0.6 is 0 Å². The molecule has 134 valence electrons. The molecule has 24 heavy (non-hydrogen) atoms. The zero-order valence-electron chi connectivity index (χ0n) is 15.5. The highest BCUT2D eigenvalue weighted by Crippen LogP contribution is 2.47. The number of fused-ring (bicyclic) bond motifs is 1. The van der Waals surface area contributed by atoms with Crippen LogP contribution in [0.15, 0.2) is 6.07 Å². The zero-order valence-corrected chi connectivity index (χ0v) is 15.5. The van der Waals surface area contributed by atoms with Crippen LogP contribution < -0.4 is 0 Å². The molecule has 0 radical (unpaired) electrons. The van der Waals surface area contributed by atoms with E-state index in [9.17, 15) is 4.79 Å². The largest absolute Gasteiger partial charge is 0.381 e. The lowest BCUT2D eigenvalue weighted by atomic mass is 9.71. The summed E-state index contributed by atoms with van der Waals surface area (Å²) < 4.78 is 7.59. The second kappa shape index (κ2) is 6.87. The van der Waals surface area contributed by atoms with Crippen LogP contribution in [0.5, 0.6) is 0 Å². The Morgan fingerprint density at radius 2 is 2.21 bits per heavy atom. The molecule has 2 heterocycles. The molecular formula is C19H31N3O2. The lowest BCUT2D eigenvalue weighted by Crippen LogP contribution is -2.46. The molecule has 0 spiro atoms. The molecule has 1 aromatic rings. The summed E-state index contributed by atoms with van der Waals surface area (Å²) in [7, 11) is 1.81. The average Bonchev–Trinajstić information content (AvgIpc) is 3.05. The number of carbonyl (C=O) groups excluding carboxylic acids is 1. The Bertz CT molecular complexity index is 597. The van der Waals surface area contributed by atoms with Gasteiger partial charge in [0.25, 0.3) is 0 Å². The van der Waals surface area contributed by atoms with Gasteiger partial charge in [-0.15, -0.1) is 0 Å². The molecule has 1 aliphatic heterocycles. The van der Waals surface area contributed by atoms with E-state index in [1.165, 1.54) is 5.69 Å². The summed E-state index contributed by atoms with van der Waals surface area (Å²) in [5.74, 6) is 0.320. The van der Waals surface area contributed by atoms with E-state index >= 15 is 0 Å². The molecule has 5 heteroatoms. The Morgan fingerprint density at radius 1 is 1.42 bits per heavy atom. The van der Waals surface area contributed by atoms with Crippen LogP contribution in [0.2, 0.25) is 0 Å². The Morgan fingerprint density at radius 3 is 2.88 bits per heavy atom. The first-order chi connectivity index (χ1) is 11.4. The van der Waals surface area contributed by atoms with Crippen LogP contribution in [0.25, 0.3) is 0 Å². The molecule has 1 aliphatic carbocycles. The zero-order chi connectivity index (χ0) is 17.3. The number of ether oxygens (including phenoxy) is 1. The van der Waals surface area contributed by atoms with Crippen molar-refractivity contribution in [3.8, 4) is 0 Å². The minimum atomic E-state index is 0.240. The van der Waals surface area contributed by atoms with Crippen molar-refractivity contribution in [1.82, 2.24) is 14.7 Å². The fourth-order valence-corrected chi connectivity index (χ4v) is 4.71. The molecule has 1 aromatic heterocycles. The van der Waals surface area contributed by atoms with E-state index in [0.717, 1.165) is 50.9 Å². The molecular weight excluding hydrogens is 302 g/mol. The minimum absolute atomic E-state index is 0.240. The Labute approximate surface area is 145 Å². The van der Waals surface area contributed by atoms with Crippen molar-refractivity contribution in [3.63, 3.8) is 0 Å². The molecule has 2 aliphatic rings. The van der Waals surface area contributed by atoms with Crippen LogP contribution in [0.3, 0.4) is 0 Å². The van der Waals surface area contributed by atoms with Gasteiger partial charge in [-0.1, -0.05) is 6.92 Å². The number of aromatic nitrogens is 2. The van der Waals surface area contributed by atoms with E-state index < -0.39 is 0 Å². The van der Waals surface area contributed by atoms with Crippen molar-refractivity contribution in [2.75, 3.05) is 13.7 Å². The Kier molecular flexibility index (Phi) is 5.00. The number of hydrogen-bond donors (Lipinski definition) is 0. The lowest BCUT2D eigenvalue weighted by molar-refractivity contribution is -0.134. The first-order valence-corrected chi connectivity index (χ1v) is 9.26. The third kappa shape index (κ3) is 3.37. The molecule has 3 rings (SSSR count). The van der Waals surface area contributed by atoms with Crippen molar-refractivity contribution in [2.45, 2.75) is 78.0 Å². The smallest absolute Gasteiger partial charge is 0.222 e. The van der Waals surface area contributed by atoms with E-state index in [0.29, 0.717) is 24.5 Å². The van der Waals surface area contributed by atoms with Gasteiger partial charge in [0, 0.05) is 38.4 Å². The summed E-state index contributed by atoms with van der Waals surface area (Å²) in [4.78, 5) is 14.9. The predicted octanol–water partition coefficient (Wildman–Crippen LogP) is 3.09. The van der Waals surface area contributed by atoms with Gasteiger partial charge in [-0.05, 0) is 57.4 Å². The van der Waals surface area contributed by atoms with E-state index in [-0.39, 0.29) is 5.41 Å². The van der Waals surface area contributed by atoms with Crippen molar-refractivity contribution in [2.24, 2.45) is 5.41 Å². The number of likely N-dealkylation sites (tertiary alicyclic amines) is 1. The molecule has 0 aromatic carbocycles. The van der Waals surface area contributed by atoms with Gasteiger partial charge in [-0.25, -0.2) is 0 Å². The maximum Gasteiger partial charge on any atom is 0.222 e. The molecule has 2 fully saturated rings. The number of methoxy groups -OCH3 is 1. The van der Waals surface area contributed by atoms with Crippen LogP contribution in [0, 0.1) is 19.3 Å². The van der Waals surface area contributed by atoms with Gasteiger partial charge in [0.05, 0.1) is 11.8 Å². The van der Waals surface area contributed by atoms with Gasteiger partial charge >= 0.3 is 0 Å². The second-order valence-corrected chi connectivity index (χ2v) is 7.90. The van der Waals surface area contributed by atoms with Crippen LogP contribution in [0.1, 0.15) is 56.8 Å². The number of amides is 1. The van der Waals surface area contributed by atoms with E-state index in [1.807, 2.05) is 18.7 Å². The summed E-state index contributed by atoms with van der Waals surface area (Å²) in [6.07, 6.45) is 6.21. The van der Waals surface area contributed by atoms with Crippen molar-refractivity contribution < 1.29 is 9.53 Å². The Hall–Kier alpha value is -1.36. The van der Waals surface area contributed by atoms with Gasteiger partial charge in [0.2, 0.25) is 5.91 Å². The SMILES string of the molecule is CO[C@@H]1CC[C@H]2N(C(=O)CCCn3nc(C)cc3C)CC[C@@]2(C)C1. The van der Waals surface area contributed by atoms with Crippen LogP contribution in [0.4, 0.5) is 0 Å².